The predicted octanol–water partition coefficient (Wildman–Crippen LogP) is 0.830. The van der Waals surface area contributed by atoms with Gasteiger partial charge in [-0.25, -0.2) is 4.79 Å². The van der Waals surface area contributed by atoms with Crippen LogP contribution in [0.2, 0.25) is 0 Å². The monoisotopic (exact) mass is 142 g/mol. The molecular formula is C7H10O3. The number of ether oxygens (including phenoxy) is 1. The lowest BCUT2D eigenvalue weighted by Crippen LogP contribution is -2.06. The molecule has 0 rings (SSSR count). The first-order valence-corrected chi connectivity index (χ1v) is 2.78. The van der Waals surface area contributed by atoms with E-state index >= 15 is 0 Å². The molecule has 0 aromatic heterocycles. The fourth-order valence-electron chi connectivity index (χ4n) is 0.327. The van der Waals surface area contributed by atoms with Crippen molar-refractivity contribution < 1.29 is 14.6 Å². The second-order valence-corrected chi connectivity index (χ2v) is 1.71. The largest absolute Gasteiger partial charge is 0.478 e. The van der Waals surface area contributed by atoms with Gasteiger partial charge in [0.2, 0.25) is 0 Å². The number of aliphatic carboxylic acids is 1. The molecule has 0 aliphatic carbocycles. The van der Waals surface area contributed by atoms with E-state index in [0.29, 0.717) is 6.61 Å². The van der Waals surface area contributed by atoms with E-state index in [1.54, 1.807) is 6.08 Å². The molecule has 0 aliphatic rings. The van der Waals surface area contributed by atoms with Crippen molar-refractivity contribution >= 4 is 5.97 Å². The van der Waals surface area contributed by atoms with Crippen molar-refractivity contribution in [1.82, 2.24) is 0 Å². The van der Waals surface area contributed by atoms with Gasteiger partial charge in [-0.3, -0.25) is 0 Å². The van der Waals surface area contributed by atoms with Crippen molar-refractivity contribution in [2.24, 2.45) is 0 Å². The first-order chi connectivity index (χ1) is 4.68. The molecule has 0 unspecified atom stereocenters. The third-order valence-electron chi connectivity index (χ3n) is 0.814. The van der Waals surface area contributed by atoms with Crippen molar-refractivity contribution in [2.75, 3.05) is 13.2 Å². The Bertz CT molecular complexity index is 149. The van der Waals surface area contributed by atoms with Crippen molar-refractivity contribution in [1.29, 1.82) is 0 Å². The zero-order chi connectivity index (χ0) is 7.98. The van der Waals surface area contributed by atoms with Gasteiger partial charge in [-0.15, -0.1) is 6.58 Å². The average molecular weight is 142 g/mol. The number of hydrogen-bond donors (Lipinski definition) is 1. The molecular weight excluding hydrogens is 132 g/mol. The Balaban J connectivity index is 3.40. The van der Waals surface area contributed by atoms with E-state index in [9.17, 15) is 4.79 Å². The number of carboxylic acids is 1. The SMILES string of the molecule is C=CCOCC(=C)C(=O)O. The minimum atomic E-state index is -1.02. The fraction of sp³-hybridized carbons (Fsp3) is 0.286. The van der Waals surface area contributed by atoms with Crippen molar-refractivity contribution in [3.63, 3.8) is 0 Å². The first-order valence-electron chi connectivity index (χ1n) is 2.78. The van der Waals surface area contributed by atoms with Crippen LogP contribution in [0.15, 0.2) is 24.8 Å². The van der Waals surface area contributed by atoms with Gasteiger partial charge in [0.1, 0.15) is 0 Å². The van der Waals surface area contributed by atoms with E-state index in [-0.39, 0.29) is 12.2 Å². The van der Waals surface area contributed by atoms with Gasteiger partial charge in [0.15, 0.2) is 0 Å². The van der Waals surface area contributed by atoms with E-state index in [4.69, 9.17) is 9.84 Å². The molecule has 0 saturated heterocycles. The van der Waals surface area contributed by atoms with Crippen LogP contribution in [0.25, 0.3) is 0 Å². The van der Waals surface area contributed by atoms with Gasteiger partial charge in [0.05, 0.1) is 18.8 Å². The number of rotatable bonds is 5. The highest BCUT2D eigenvalue weighted by Gasteiger charge is 2.01. The summed E-state index contributed by atoms with van der Waals surface area (Å²) in [5.74, 6) is -1.02. The molecule has 0 bridgehead atoms. The lowest BCUT2D eigenvalue weighted by atomic mass is 10.3. The van der Waals surface area contributed by atoms with Crippen LogP contribution in [0.3, 0.4) is 0 Å². The van der Waals surface area contributed by atoms with Crippen LogP contribution in [0, 0.1) is 0 Å². The predicted molar refractivity (Wildman–Crippen MR) is 37.8 cm³/mol. The molecule has 0 aromatic carbocycles. The smallest absolute Gasteiger partial charge is 0.333 e. The molecule has 0 atom stereocenters. The standard InChI is InChI=1S/C7H10O3/c1-3-4-10-5-6(2)7(8)9/h3H,1-2,4-5H2,(H,8,9). The summed E-state index contributed by atoms with van der Waals surface area (Å²) in [4.78, 5) is 10.1. The Hall–Kier alpha value is -1.09. The molecule has 0 spiro atoms. The van der Waals surface area contributed by atoms with Gasteiger partial charge in [-0.1, -0.05) is 12.7 Å². The summed E-state index contributed by atoms with van der Waals surface area (Å²) in [6.45, 7) is 7.08. The van der Waals surface area contributed by atoms with Crippen molar-refractivity contribution in [2.45, 2.75) is 0 Å². The topological polar surface area (TPSA) is 46.5 Å². The molecule has 0 aliphatic heterocycles. The molecule has 0 saturated carbocycles. The van der Waals surface area contributed by atoms with E-state index < -0.39 is 5.97 Å². The van der Waals surface area contributed by atoms with E-state index in [0.717, 1.165) is 0 Å². The number of carboxylic acid groups (broad SMARTS) is 1. The van der Waals surface area contributed by atoms with Crippen LogP contribution >= 0.6 is 0 Å². The maximum Gasteiger partial charge on any atom is 0.333 e. The van der Waals surface area contributed by atoms with Crippen LogP contribution in [0.5, 0.6) is 0 Å². The van der Waals surface area contributed by atoms with Gasteiger partial charge < -0.3 is 9.84 Å². The van der Waals surface area contributed by atoms with Crippen molar-refractivity contribution in [3.05, 3.63) is 24.8 Å². The van der Waals surface area contributed by atoms with Gasteiger partial charge in [-0.2, -0.15) is 0 Å². The third kappa shape index (κ3) is 3.86. The van der Waals surface area contributed by atoms with Gasteiger partial charge in [-0.05, 0) is 0 Å². The summed E-state index contributed by atoms with van der Waals surface area (Å²) in [5.41, 5.74) is 0.0573. The van der Waals surface area contributed by atoms with Gasteiger partial charge >= 0.3 is 5.97 Å². The molecule has 56 valence electrons. The summed E-state index contributed by atoms with van der Waals surface area (Å²) in [6.07, 6.45) is 1.55. The molecule has 0 radical (unpaired) electrons. The maximum atomic E-state index is 10.1. The average Bonchev–Trinajstić information content (AvgIpc) is 1.88. The lowest BCUT2D eigenvalue weighted by molar-refractivity contribution is -0.133. The minimum Gasteiger partial charge on any atom is -0.478 e. The van der Waals surface area contributed by atoms with Gasteiger partial charge in [0.25, 0.3) is 0 Å². The maximum absolute atomic E-state index is 10.1. The highest BCUT2D eigenvalue weighted by atomic mass is 16.5. The zero-order valence-electron chi connectivity index (χ0n) is 5.67. The Labute approximate surface area is 59.6 Å². The summed E-state index contributed by atoms with van der Waals surface area (Å²) < 4.78 is 4.81. The van der Waals surface area contributed by atoms with Crippen LogP contribution in [0.1, 0.15) is 0 Å². The van der Waals surface area contributed by atoms with Crippen LogP contribution < -0.4 is 0 Å². The second kappa shape index (κ2) is 4.76. The summed E-state index contributed by atoms with van der Waals surface area (Å²) in [7, 11) is 0. The lowest BCUT2D eigenvalue weighted by Gasteiger charge is -1.98. The number of carbonyl (C=O) groups is 1. The molecule has 3 nitrogen and oxygen atoms in total. The third-order valence-corrected chi connectivity index (χ3v) is 0.814. The van der Waals surface area contributed by atoms with E-state index in [1.807, 2.05) is 0 Å². The molecule has 10 heavy (non-hydrogen) atoms. The van der Waals surface area contributed by atoms with Crippen LogP contribution in [-0.4, -0.2) is 24.3 Å². The minimum absolute atomic E-state index is 0.0569. The van der Waals surface area contributed by atoms with Crippen molar-refractivity contribution in [3.8, 4) is 0 Å². The zero-order valence-corrected chi connectivity index (χ0v) is 5.67. The normalized spacial score (nSPS) is 8.80. The second-order valence-electron chi connectivity index (χ2n) is 1.71. The van der Waals surface area contributed by atoms with Crippen LogP contribution in [0.4, 0.5) is 0 Å². The molecule has 1 N–H and O–H groups in total. The summed E-state index contributed by atoms with van der Waals surface area (Å²) in [5, 5.41) is 8.28. The highest BCUT2D eigenvalue weighted by molar-refractivity contribution is 5.85. The Morgan fingerprint density at radius 1 is 1.70 bits per heavy atom. The molecule has 0 fully saturated rings. The summed E-state index contributed by atoms with van der Waals surface area (Å²) in [6, 6.07) is 0. The molecule has 0 aromatic rings. The van der Waals surface area contributed by atoms with E-state index in [1.165, 1.54) is 0 Å². The number of hydrogen-bond acceptors (Lipinski definition) is 2. The highest BCUT2D eigenvalue weighted by Crippen LogP contribution is 1.90. The molecule has 3 heteroatoms. The Kier molecular flexibility index (Phi) is 4.24. The van der Waals surface area contributed by atoms with E-state index in [2.05, 4.69) is 13.2 Å². The molecule has 0 heterocycles. The molecule has 0 amide bonds. The van der Waals surface area contributed by atoms with Gasteiger partial charge in [0, 0.05) is 0 Å². The first kappa shape index (κ1) is 8.91. The summed E-state index contributed by atoms with van der Waals surface area (Å²) >= 11 is 0. The van der Waals surface area contributed by atoms with Crippen LogP contribution in [-0.2, 0) is 9.53 Å². The Morgan fingerprint density at radius 3 is 2.70 bits per heavy atom. The Morgan fingerprint density at radius 2 is 2.30 bits per heavy atom. The fourth-order valence-corrected chi connectivity index (χ4v) is 0.327. The quantitative estimate of drug-likeness (QED) is 0.351.